The van der Waals surface area contributed by atoms with Crippen molar-refractivity contribution in [2.24, 2.45) is 4.99 Å². The molecule has 3 amide bonds. The van der Waals surface area contributed by atoms with Gasteiger partial charge in [-0.2, -0.15) is 0 Å². The molecule has 0 bridgehead atoms. The van der Waals surface area contributed by atoms with Crippen molar-refractivity contribution in [3.63, 3.8) is 0 Å². The number of rotatable bonds is 5. The van der Waals surface area contributed by atoms with Crippen LogP contribution < -0.4 is 0 Å². The molecule has 0 saturated carbocycles. The van der Waals surface area contributed by atoms with Gasteiger partial charge in [0.1, 0.15) is 5.82 Å². The third-order valence-corrected chi connectivity index (χ3v) is 6.51. The Kier molecular flexibility index (Phi) is 5.43. The first-order valence-electron chi connectivity index (χ1n) is 10.1. The molecular weight excluding hydrogens is 423 g/mol. The van der Waals surface area contributed by atoms with Gasteiger partial charge < -0.3 is 14.7 Å². The summed E-state index contributed by atoms with van der Waals surface area (Å²) in [5.41, 5.74) is 2.06. The quantitative estimate of drug-likeness (QED) is 0.692. The van der Waals surface area contributed by atoms with Gasteiger partial charge in [0.2, 0.25) is 5.96 Å². The molecular formula is C21H26ClFN6O2. The first kappa shape index (κ1) is 21.6. The number of allylic oxidation sites excluding steroid dienone is 2. The van der Waals surface area contributed by atoms with Crippen molar-refractivity contribution in [1.29, 1.82) is 0 Å². The molecule has 4 rings (SSSR count). The molecule has 8 nitrogen and oxygen atoms in total. The molecule has 0 radical (unpaired) electrons. The number of aliphatic imine (C=N–C) groups is 1. The Labute approximate surface area is 186 Å². The molecule has 31 heavy (non-hydrogen) atoms. The summed E-state index contributed by atoms with van der Waals surface area (Å²) in [7, 11) is 5.61. The number of benzene rings is 1. The van der Waals surface area contributed by atoms with Crippen LogP contribution in [-0.2, 0) is 11.3 Å². The first-order valence-corrected chi connectivity index (χ1v) is 10.5. The van der Waals surface area contributed by atoms with Crippen LogP contribution in [0.25, 0.3) is 0 Å². The Morgan fingerprint density at radius 1 is 1.16 bits per heavy atom. The zero-order valence-electron chi connectivity index (χ0n) is 18.3. The average molecular weight is 449 g/mol. The molecule has 2 unspecified atom stereocenters. The van der Waals surface area contributed by atoms with E-state index in [0.717, 1.165) is 22.8 Å². The van der Waals surface area contributed by atoms with E-state index in [9.17, 15) is 14.0 Å². The largest absolute Gasteiger partial charge is 0.328 e. The molecule has 3 aliphatic heterocycles. The van der Waals surface area contributed by atoms with Crippen LogP contribution in [0.3, 0.4) is 0 Å². The lowest BCUT2D eigenvalue weighted by Gasteiger charge is -2.40. The number of carbonyl (C=O) groups excluding carboxylic acids is 2. The molecule has 1 fully saturated rings. The van der Waals surface area contributed by atoms with E-state index in [1.165, 1.54) is 17.0 Å². The minimum atomic E-state index is -0.692. The van der Waals surface area contributed by atoms with Gasteiger partial charge in [-0.25, -0.2) is 14.2 Å². The summed E-state index contributed by atoms with van der Waals surface area (Å²) in [6.45, 7) is 5.25. The standard InChI is InChI=1S/C21H26ClFN6O2/c1-12-13(2)29-17-18(24-20(29)27(12)10-9-25(3)4)26(5)21(31)28(19(17)30)11-14-15(22)7-6-8-16(14)23/h6-8,17-18H,9-11H2,1-5H3. The van der Waals surface area contributed by atoms with Gasteiger partial charge in [-0.3, -0.25) is 14.6 Å². The van der Waals surface area contributed by atoms with Crippen LogP contribution in [0.5, 0.6) is 0 Å². The lowest BCUT2D eigenvalue weighted by atomic mass is 10.1. The van der Waals surface area contributed by atoms with Gasteiger partial charge in [-0.15, -0.1) is 0 Å². The number of likely N-dealkylation sites (N-methyl/N-ethyl adjacent to an activating group) is 2. The van der Waals surface area contributed by atoms with E-state index >= 15 is 0 Å². The van der Waals surface area contributed by atoms with Crippen LogP contribution in [-0.4, -0.2) is 88.8 Å². The van der Waals surface area contributed by atoms with Crippen LogP contribution in [0.1, 0.15) is 19.4 Å². The maximum atomic E-state index is 14.4. The van der Waals surface area contributed by atoms with E-state index in [4.69, 9.17) is 16.6 Å². The smallest absolute Gasteiger partial charge is 0.313 e. The fourth-order valence-electron chi connectivity index (χ4n) is 4.24. The summed E-state index contributed by atoms with van der Waals surface area (Å²) < 4.78 is 14.4. The summed E-state index contributed by atoms with van der Waals surface area (Å²) in [4.78, 5) is 39.8. The molecule has 0 spiro atoms. The highest BCUT2D eigenvalue weighted by Crippen LogP contribution is 2.38. The number of amides is 3. The van der Waals surface area contributed by atoms with Crippen molar-refractivity contribution in [1.82, 2.24) is 24.5 Å². The lowest BCUT2D eigenvalue weighted by molar-refractivity contribution is -0.137. The van der Waals surface area contributed by atoms with E-state index in [1.807, 2.05) is 32.8 Å². The Morgan fingerprint density at radius 3 is 2.52 bits per heavy atom. The number of guanidine groups is 1. The maximum absolute atomic E-state index is 14.4. The third-order valence-electron chi connectivity index (χ3n) is 6.15. The number of halogens is 2. The Bertz CT molecular complexity index is 989. The van der Waals surface area contributed by atoms with Crippen molar-refractivity contribution in [2.75, 3.05) is 34.2 Å². The molecule has 10 heteroatoms. The number of hydrogen-bond donors (Lipinski definition) is 0. The van der Waals surface area contributed by atoms with Crippen molar-refractivity contribution >= 4 is 29.5 Å². The second-order valence-electron chi connectivity index (χ2n) is 8.30. The lowest BCUT2D eigenvalue weighted by Crippen LogP contribution is -2.64. The van der Waals surface area contributed by atoms with Crippen LogP contribution in [0, 0.1) is 5.82 Å². The summed E-state index contributed by atoms with van der Waals surface area (Å²) in [6.07, 6.45) is -0.632. The topological polar surface area (TPSA) is 62.7 Å². The first-order chi connectivity index (χ1) is 14.6. The molecule has 166 valence electrons. The molecule has 1 saturated heterocycles. The molecule has 0 aromatic heterocycles. The maximum Gasteiger partial charge on any atom is 0.328 e. The molecule has 3 aliphatic rings. The van der Waals surface area contributed by atoms with Crippen LogP contribution in [0.15, 0.2) is 34.6 Å². The van der Waals surface area contributed by atoms with E-state index < -0.39 is 30.0 Å². The normalized spacial score (nSPS) is 23.3. The predicted octanol–water partition coefficient (Wildman–Crippen LogP) is 2.37. The summed E-state index contributed by atoms with van der Waals surface area (Å²) in [6, 6.07) is 3.09. The number of nitrogens with zero attached hydrogens (tertiary/aromatic N) is 6. The van der Waals surface area contributed by atoms with Crippen LogP contribution in [0.2, 0.25) is 5.02 Å². The predicted molar refractivity (Wildman–Crippen MR) is 116 cm³/mol. The van der Waals surface area contributed by atoms with Crippen molar-refractivity contribution in [3.05, 3.63) is 46.0 Å². The Hall–Kier alpha value is -2.65. The number of imide groups is 1. The van der Waals surface area contributed by atoms with E-state index in [1.54, 1.807) is 13.1 Å². The molecule has 0 N–H and O–H groups in total. The molecule has 2 atom stereocenters. The van der Waals surface area contributed by atoms with Crippen molar-refractivity contribution in [3.8, 4) is 0 Å². The fourth-order valence-corrected chi connectivity index (χ4v) is 4.46. The number of fused-ring (bicyclic) bond motifs is 3. The molecule has 1 aromatic carbocycles. The monoisotopic (exact) mass is 448 g/mol. The highest BCUT2D eigenvalue weighted by Gasteiger charge is 2.55. The van der Waals surface area contributed by atoms with Crippen molar-refractivity contribution in [2.45, 2.75) is 32.6 Å². The second-order valence-corrected chi connectivity index (χ2v) is 8.71. The van der Waals surface area contributed by atoms with E-state index in [2.05, 4.69) is 9.80 Å². The Morgan fingerprint density at radius 2 is 1.87 bits per heavy atom. The van der Waals surface area contributed by atoms with Crippen molar-refractivity contribution < 1.29 is 14.0 Å². The highest BCUT2D eigenvalue weighted by atomic mass is 35.5. The highest BCUT2D eigenvalue weighted by molar-refractivity contribution is 6.31. The second kappa shape index (κ2) is 7.80. The van der Waals surface area contributed by atoms with Crippen LogP contribution >= 0.6 is 11.6 Å². The van der Waals surface area contributed by atoms with Gasteiger partial charge in [0, 0.05) is 42.1 Å². The molecule has 3 heterocycles. The zero-order chi connectivity index (χ0) is 22.6. The zero-order valence-corrected chi connectivity index (χ0v) is 19.0. The summed E-state index contributed by atoms with van der Waals surface area (Å²) >= 11 is 6.15. The fraction of sp³-hybridized carbons (Fsp3) is 0.476. The minimum Gasteiger partial charge on any atom is -0.313 e. The summed E-state index contributed by atoms with van der Waals surface area (Å²) in [5, 5.41) is 0.177. The number of carbonyl (C=O) groups is 2. The van der Waals surface area contributed by atoms with Gasteiger partial charge in [0.25, 0.3) is 5.91 Å². The SMILES string of the molecule is CC1=C(C)N2C(=NC3C2C(=O)N(Cc2c(F)cccc2Cl)C(=O)N3C)N1CCN(C)C. The molecule has 0 aliphatic carbocycles. The third kappa shape index (κ3) is 3.36. The van der Waals surface area contributed by atoms with E-state index in [0.29, 0.717) is 12.5 Å². The molecule has 1 aromatic rings. The van der Waals surface area contributed by atoms with Gasteiger partial charge in [0.15, 0.2) is 12.2 Å². The van der Waals surface area contributed by atoms with Gasteiger partial charge in [-0.05, 0) is 40.1 Å². The van der Waals surface area contributed by atoms with Crippen LogP contribution in [0.4, 0.5) is 9.18 Å². The van der Waals surface area contributed by atoms with Gasteiger partial charge >= 0.3 is 6.03 Å². The Balaban J connectivity index is 1.66. The van der Waals surface area contributed by atoms with E-state index in [-0.39, 0.29) is 17.1 Å². The van der Waals surface area contributed by atoms with Gasteiger partial charge in [0.05, 0.1) is 6.54 Å². The number of urea groups is 1. The average Bonchev–Trinajstić information content (AvgIpc) is 3.20. The van der Waals surface area contributed by atoms with Gasteiger partial charge in [-0.1, -0.05) is 17.7 Å². The summed E-state index contributed by atoms with van der Waals surface area (Å²) in [5.74, 6) is -0.289. The minimum absolute atomic E-state index is 0.120. The number of hydrogen-bond acceptors (Lipinski definition) is 6.